The molecule has 0 radical (unpaired) electrons. The Morgan fingerprint density at radius 1 is 0.862 bits per heavy atom. The first-order valence-corrected chi connectivity index (χ1v) is 11.5. The Kier molecular flexibility index (Phi) is 14.7. The number of hydrogen-bond acceptors (Lipinski definition) is 6. The first-order valence-electron chi connectivity index (χ1n) is 11.5. The average molecular weight is 413 g/mol. The lowest BCUT2D eigenvalue weighted by atomic mass is 9.93. The van der Waals surface area contributed by atoms with E-state index in [9.17, 15) is 14.4 Å². The normalized spacial score (nSPS) is 19.0. The lowest BCUT2D eigenvalue weighted by Crippen LogP contribution is -2.28. The van der Waals surface area contributed by atoms with Crippen molar-refractivity contribution in [1.82, 2.24) is 0 Å². The quantitative estimate of drug-likeness (QED) is 0.0963. The fraction of sp³-hybridized carbons (Fsp3) is 0.870. The molecule has 1 rings (SSSR count). The van der Waals surface area contributed by atoms with Crippen LogP contribution in [0.4, 0.5) is 0 Å². The van der Waals surface area contributed by atoms with Crippen LogP contribution in [0, 0.1) is 5.92 Å². The summed E-state index contributed by atoms with van der Waals surface area (Å²) < 4.78 is 5.03. The molecule has 0 aliphatic carbocycles. The molecule has 6 heteroatoms. The number of carbonyl (C=O) groups excluding carboxylic acids is 3. The standard InChI is InChI=1S/C23H40O6/c1-3-4-5-6-7-8-9-10-11-12-13-14-15-16-19(24)21-22(25)20(29-23(21)26)17-18-28-27-2/h20-21H,3-18H2,1-2H3. The van der Waals surface area contributed by atoms with Crippen LogP contribution in [0.1, 0.15) is 103 Å². The summed E-state index contributed by atoms with van der Waals surface area (Å²) in [5, 5.41) is 0. The van der Waals surface area contributed by atoms with E-state index >= 15 is 0 Å². The minimum Gasteiger partial charge on any atom is -0.453 e. The number of esters is 1. The van der Waals surface area contributed by atoms with E-state index in [1.54, 1.807) is 0 Å². The first kappa shape index (κ1) is 25.8. The van der Waals surface area contributed by atoms with Gasteiger partial charge in [-0.25, -0.2) is 9.78 Å². The van der Waals surface area contributed by atoms with Crippen LogP contribution in [0.3, 0.4) is 0 Å². The van der Waals surface area contributed by atoms with E-state index in [0.29, 0.717) is 0 Å². The maximum Gasteiger partial charge on any atom is 0.325 e. The zero-order chi connectivity index (χ0) is 21.3. The van der Waals surface area contributed by atoms with Gasteiger partial charge in [0.05, 0.1) is 13.7 Å². The second-order valence-corrected chi connectivity index (χ2v) is 8.00. The van der Waals surface area contributed by atoms with E-state index in [4.69, 9.17) is 9.62 Å². The van der Waals surface area contributed by atoms with E-state index in [1.807, 2.05) is 0 Å². The summed E-state index contributed by atoms with van der Waals surface area (Å²) >= 11 is 0. The van der Waals surface area contributed by atoms with Gasteiger partial charge in [0.15, 0.2) is 23.6 Å². The van der Waals surface area contributed by atoms with Crippen LogP contribution in [-0.2, 0) is 28.9 Å². The fourth-order valence-corrected chi connectivity index (χ4v) is 3.76. The molecular formula is C23H40O6. The Hall–Kier alpha value is -1.27. The molecule has 0 aromatic rings. The highest BCUT2D eigenvalue weighted by Gasteiger charge is 2.46. The highest BCUT2D eigenvalue weighted by Crippen LogP contribution is 2.23. The molecule has 1 heterocycles. The lowest BCUT2D eigenvalue weighted by Gasteiger charge is -2.06. The van der Waals surface area contributed by atoms with Crippen molar-refractivity contribution in [2.45, 2.75) is 109 Å². The third-order valence-electron chi connectivity index (χ3n) is 5.53. The lowest BCUT2D eigenvalue weighted by molar-refractivity contribution is -0.274. The van der Waals surface area contributed by atoms with Gasteiger partial charge in [0, 0.05) is 12.8 Å². The van der Waals surface area contributed by atoms with Crippen molar-refractivity contribution in [3.05, 3.63) is 0 Å². The van der Waals surface area contributed by atoms with E-state index in [-0.39, 0.29) is 25.2 Å². The topological polar surface area (TPSA) is 78.9 Å². The minimum absolute atomic E-state index is 0.139. The molecule has 0 N–H and O–H groups in total. The van der Waals surface area contributed by atoms with E-state index in [2.05, 4.69) is 11.8 Å². The zero-order valence-corrected chi connectivity index (χ0v) is 18.4. The van der Waals surface area contributed by atoms with Gasteiger partial charge in [-0.2, -0.15) is 0 Å². The summed E-state index contributed by atoms with van der Waals surface area (Å²) in [6.45, 7) is 2.38. The minimum atomic E-state index is -1.24. The molecule has 6 nitrogen and oxygen atoms in total. The van der Waals surface area contributed by atoms with Crippen molar-refractivity contribution >= 4 is 17.5 Å². The number of hydrogen-bond donors (Lipinski definition) is 0. The third-order valence-corrected chi connectivity index (χ3v) is 5.53. The average Bonchev–Trinajstić information content (AvgIpc) is 2.99. The van der Waals surface area contributed by atoms with Crippen LogP contribution in [0.2, 0.25) is 0 Å². The van der Waals surface area contributed by atoms with Crippen LogP contribution < -0.4 is 0 Å². The number of carbonyl (C=O) groups is 3. The third kappa shape index (κ3) is 10.9. The molecule has 2 unspecified atom stereocenters. The van der Waals surface area contributed by atoms with Crippen molar-refractivity contribution in [2.75, 3.05) is 13.7 Å². The van der Waals surface area contributed by atoms with E-state index in [1.165, 1.54) is 71.3 Å². The summed E-state index contributed by atoms with van der Waals surface area (Å²) in [4.78, 5) is 45.5. The van der Waals surface area contributed by atoms with Gasteiger partial charge in [0.25, 0.3) is 0 Å². The Morgan fingerprint density at radius 3 is 1.90 bits per heavy atom. The van der Waals surface area contributed by atoms with Crippen LogP contribution in [-0.4, -0.2) is 37.4 Å². The predicted molar refractivity (Wildman–Crippen MR) is 111 cm³/mol. The van der Waals surface area contributed by atoms with Crippen LogP contribution >= 0.6 is 0 Å². The van der Waals surface area contributed by atoms with Gasteiger partial charge in [-0.15, -0.1) is 0 Å². The molecule has 1 fully saturated rings. The van der Waals surface area contributed by atoms with Crippen molar-refractivity contribution in [3.8, 4) is 0 Å². The van der Waals surface area contributed by atoms with Crippen LogP contribution in [0.15, 0.2) is 0 Å². The predicted octanol–water partition coefficient (Wildman–Crippen LogP) is 5.12. The number of Topliss-reactive ketones (excluding diaryl/α,β-unsaturated/α-hetero) is 2. The van der Waals surface area contributed by atoms with Crippen molar-refractivity contribution in [2.24, 2.45) is 5.92 Å². The van der Waals surface area contributed by atoms with Gasteiger partial charge in [0.2, 0.25) is 0 Å². The molecule has 29 heavy (non-hydrogen) atoms. The summed E-state index contributed by atoms with van der Waals surface area (Å²) in [5.74, 6) is -2.69. The monoisotopic (exact) mass is 412 g/mol. The molecule has 2 atom stereocenters. The van der Waals surface area contributed by atoms with Gasteiger partial charge < -0.3 is 4.74 Å². The number of rotatable bonds is 19. The molecule has 1 aliphatic heterocycles. The summed E-state index contributed by atoms with van der Waals surface area (Å²) in [6.07, 6.45) is 15.6. The van der Waals surface area contributed by atoms with Crippen LogP contribution in [0.5, 0.6) is 0 Å². The Labute approximate surface area is 176 Å². The molecule has 0 saturated carbocycles. The maximum absolute atomic E-state index is 12.3. The van der Waals surface area contributed by atoms with Crippen LogP contribution in [0.25, 0.3) is 0 Å². The Bertz CT molecular complexity index is 476. The number of cyclic esters (lactones) is 1. The highest BCUT2D eigenvalue weighted by molar-refractivity contribution is 6.21. The summed E-state index contributed by atoms with van der Waals surface area (Å²) in [6, 6.07) is 0. The summed E-state index contributed by atoms with van der Waals surface area (Å²) in [7, 11) is 1.37. The van der Waals surface area contributed by atoms with Gasteiger partial charge >= 0.3 is 5.97 Å². The molecule has 0 bridgehead atoms. The SMILES string of the molecule is CCCCCCCCCCCCCCCC(=O)C1C(=O)OC(CCOOC)C1=O. The molecule has 0 spiro atoms. The number of ketones is 2. The van der Waals surface area contributed by atoms with Gasteiger partial charge in [-0.05, 0) is 6.42 Å². The second-order valence-electron chi connectivity index (χ2n) is 8.00. The fourth-order valence-electron chi connectivity index (χ4n) is 3.76. The zero-order valence-electron chi connectivity index (χ0n) is 18.4. The van der Waals surface area contributed by atoms with E-state index in [0.717, 1.165) is 19.3 Å². The highest BCUT2D eigenvalue weighted by atomic mass is 17.2. The van der Waals surface area contributed by atoms with Gasteiger partial charge in [-0.3, -0.25) is 14.4 Å². The van der Waals surface area contributed by atoms with Gasteiger partial charge in [-0.1, -0.05) is 84.0 Å². The Balaban J connectivity index is 2.02. The van der Waals surface area contributed by atoms with Crippen molar-refractivity contribution in [3.63, 3.8) is 0 Å². The second kappa shape index (κ2) is 16.5. The molecule has 1 saturated heterocycles. The molecule has 0 aromatic carbocycles. The molecule has 0 amide bonds. The smallest absolute Gasteiger partial charge is 0.325 e. The van der Waals surface area contributed by atoms with Gasteiger partial charge in [0.1, 0.15) is 0 Å². The first-order chi connectivity index (χ1) is 14.1. The number of unbranched alkanes of at least 4 members (excludes halogenated alkanes) is 12. The van der Waals surface area contributed by atoms with E-state index < -0.39 is 23.8 Å². The largest absolute Gasteiger partial charge is 0.453 e. The number of ether oxygens (including phenoxy) is 1. The molecule has 0 aromatic heterocycles. The molecule has 1 aliphatic rings. The maximum atomic E-state index is 12.3. The van der Waals surface area contributed by atoms with Crippen molar-refractivity contribution in [1.29, 1.82) is 0 Å². The summed E-state index contributed by atoms with van der Waals surface area (Å²) in [5.41, 5.74) is 0. The van der Waals surface area contributed by atoms with Crippen molar-refractivity contribution < 1.29 is 28.9 Å². The molecular weight excluding hydrogens is 372 g/mol. The Morgan fingerprint density at radius 2 is 1.38 bits per heavy atom. The molecule has 168 valence electrons.